The van der Waals surface area contributed by atoms with Crippen molar-refractivity contribution in [3.63, 3.8) is 0 Å². The molecule has 1 atom stereocenters. The van der Waals surface area contributed by atoms with Gasteiger partial charge in [0.05, 0.1) is 20.3 Å². The summed E-state index contributed by atoms with van der Waals surface area (Å²) in [6.45, 7) is 1.09. The first kappa shape index (κ1) is 23.8. The van der Waals surface area contributed by atoms with Crippen molar-refractivity contribution in [1.82, 2.24) is 4.90 Å². The zero-order valence-electron chi connectivity index (χ0n) is 20.5. The SMILES string of the molecule is COC(=O)C1(C(=O)OC)Cc2cc3ccccc3cc2C1N(Cc1ccccc1)Cc1ccccc1. The average molecular weight is 480 g/mol. The molecule has 4 aromatic carbocycles. The van der Waals surface area contributed by atoms with Gasteiger partial charge in [0.1, 0.15) is 0 Å². The van der Waals surface area contributed by atoms with Gasteiger partial charge in [0, 0.05) is 19.5 Å². The molecule has 0 saturated carbocycles. The third kappa shape index (κ3) is 4.16. The van der Waals surface area contributed by atoms with Crippen LogP contribution in [0, 0.1) is 5.41 Å². The van der Waals surface area contributed by atoms with Crippen LogP contribution in [-0.4, -0.2) is 31.1 Å². The predicted octanol–water partition coefficient (Wildman–Crippen LogP) is 5.47. The van der Waals surface area contributed by atoms with Gasteiger partial charge in [-0.3, -0.25) is 14.5 Å². The molecule has 0 N–H and O–H groups in total. The molecule has 1 aliphatic carbocycles. The number of ether oxygens (including phenoxy) is 2. The molecule has 0 spiro atoms. The van der Waals surface area contributed by atoms with Crippen LogP contribution in [0.3, 0.4) is 0 Å². The van der Waals surface area contributed by atoms with Crippen molar-refractivity contribution >= 4 is 22.7 Å². The van der Waals surface area contributed by atoms with Crippen molar-refractivity contribution in [2.45, 2.75) is 25.6 Å². The monoisotopic (exact) mass is 479 g/mol. The fourth-order valence-corrected chi connectivity index (χ4v) is 5.57. The first-order valence-electron chi connectivity index (χ1n) is 12.1. The second kappa shape index (κ2) is 9.96. The summed E-state index contributed by atoms with van der Waals surface area (Å²) in [4.78, 5) is 29.3. The molecule has 5 heteroatoms. The topological polar surface area (TPSA) is 55.8 Å². The van der Waals surface area contributed by atoms with Crippen molar-refractivity contribution in [1.29, 1.82) is 0 Å². The lowest BCUT2D eigenvalue weighted by molar-refractivity contribution is -0.175. The number of methoxy groups -OCH3 is 2. The molecule has 4 aromatic rings. The van der Waals surface area contributed by atoms with Gasteiger partial charge in [0.25, 0.3) is 0 Å². The van der Waals surface area contributed by atoms with E-state index in [1.807, 2.05) is 54.6 Å². The molecule has 0 saturated heterocycles. The Bertz CT molecular complexity index is 1330. The Kier molecular flexibility index (Phi) is 6.57. The Morgan fingerprint density at radius 1 is 0.750 bits per heavy atom. The van der Waals surface area contributed by atoms with E-state index >= 15 is 0 Å². The second-order valence-electron chi connectivity index (χ2n) is 9.31. The fraction of sp³-hybridized carbons (Fsp3) is 0.226. The molecule has 5 nitrogen and oxygen atoms in total. The first-order chi connectivity index (χ1) is 17.6. The van der Waals surface area contributed by atoms with Gasteiger partial charge < -0.3 is 9.47 Å². The third-order valence-corrected chi connectivity index (χ3v) is 7.16. The average Bonchev–Trinajstić information content (AvgIpc) is 3.26. The maximum Gasteiger partial charge on any atom is 0.325 e. The van der Waals surface area contributed by atoms with E-state index in [1.54, 1.807) is 0 Å². The van der Waals surface area contributed by atoms with E-state index in [-0.39, 0.29) is 6.42 Å². The van der Waals surface area contributed by atoms with Crippen LogP contribution in [0.15, 0.2) is 97.1 Å². The van der Waals surface area contributed by atoms with Crippen LogP contribution in [0.1, 0.15) is 28.3 Å². The largest absolute Gasteiger partial charge is 0.468 e. The molecular weight excluding hydrogens is 450 g/mol. The Morgan fingerprint density at radius 3 is 1.72 bits per heavy atom. The van der Waals surface area contributed by atoms with Crippen molar-refractivity contribution in [3.8, 4) is 0 Å². The molecule has 0 radical (unpaired) electrons. The summed E-state index contributed by atoms with van der Waals surface area (Å²) in [5, 5.41) is 2.13. The molecule has 1 unspecified atom stereocenters. The van der Waals surface area contributed by atoms with Gasteiger partial charge in [0.15, 0.2) is 5.41 Å². The van der Waals surface area contributed by atoms with Crippen molar-refractivity contribution < 1.29 is 19.1 Å². The Labute approximate surface area is 211 Å². The zero-order valence-corrected chi connectivity index (χ0v) is 20.5. The number of rotatable bonds is 7. The minimum absolute atomic E-state index is 0.220. The molecule has 0 aliphatic heterocycles. The number of benzene rings is 4. The minimum atomic E-state index is -1.52. The van der Waals surface area contributed by atoms with E-state index in [2.05, 4.69) is 47.4 Å². The molecule has 0 aromatic heterocycles. The molecule has 0 amide bonds. The Hall–Kier alpha value is -3.96. The third-order valence-electron chi connectivity index (χ3n) is 7.16. The van der Waals surface area contributed by atoms with Crippen LogP contribution in [-0.2, 0) is 38.6 Å². The lowest BCUT2D eigenvalue weighted by Gasteiger charge is -2.38. The number of esters is 2. The standard InChI is InChI=1S/C31H29NO4/c1-35-29(33)31(30(34)36-2)19-26-17-24-15-9-10-16-25(24)18-27(26)28(31)32(20-22-11-5-3-6-12-22)21-23-13-7-4-8-14-23/h3-18,28H,19-21H2,1-2H3. The zero-order chi connectivity index (χ0) is 25.1. The maximum absolute atomic E-state index is 13.6. The highest BCUT2D eigenvalue weighted by Crippen LogP contribution is 2.52. The van der Waals surface area contributed by atoms with Gasteiger partial charge >= 0.3 is 11.9 Å². The molecule has 0 heterocycles. The summed E-state index contributed by atoms with van der Waals surface area (Å²) in [6.07, 6.45) is 0.220. The molecular formula is C31H29NO4. The van der Waals surface area contributed by atoms with Gasteiger partial charge in [-0.05, 0) is 39.1 Å². The van der Waals surface area contributed by atoms with Crippen LogP contribution in [0.5, 0.6) is 0 Å². The van der Waals surface area contributed by atoms with Crippen molar-refractivity contribution in [2.75, 3.05) is 14.2 Å². The summed E-state index contributed by atoms with van der Waals surface area (Å²) >= 11 is 0. The van der Waals surface area contributed by atoms with Gasteiger partial charge in [-0.25, -0.2) is 0 Å². The normalized spacial score (nSPS) is 16.0. The van der Waals surface area contributed by atoms with E-state index in [9.17, 15) is 9.59 Å². The van der Waals surface area contributed by atoms with Crippen LogP contribution in [0.2, 0.25) is 0 Å². The van der Waals surface area contributed by atoms with Gasteiger partial charge in [-0.1, -0.05) is 91.0 Å². The number of hydrogen-bond acceptors (Lipinski definition) is 5. The maximum atomic E-state index is 13.6. The summed E-state index contributed by atoms with van der Waals surface area (Å²) in [6, 6.07) is 31.9. The Balaban J connectivity index is 1.73. The highest BCUT2D eigenvalue weighted by Gasteiger charge is 2.61. The van der Waals surface area contributed by atoms with Gasteiger partial charge in [-0.2, -0.15) is 0 Å². The van der Waals surface area contributed by atoms with E-state index < -0.39 is 23.4 Å². The molecule has 36 heavy (non-hydrogen) atoms. The number of hydrogen-bond donors (Lipinski definition) is 0. The predicted molar refractivity (Wildman–Crippen MR) is 139 cm³/mol. The summed E-state index contributed by atoms with van der Waals surface area (Å²) in [7, 11) is 2.67. The number of nitrogens with zero attached hydrogens (tertiary/aromatic N) is 1. The van der Waals surface area contributed by atoms with E-state index in [0.717, 1.165) is 33.0 Å². The van der Waals surface area contributed by atoms with E-state index in [0.29, 0.717) is 13.1 Å². The lowest BCUT2D eigenvalue weighted by atomic mass is 9.79. The van der Waals surface area contributed by atoms with Gasteiger partial charge in [0.2, 0.25) is 0 Å². The summed E-state index contributed by atoms with van der Waals surface area (Å²) in [5.41, 5.74) is 2.57. The minimum Gasteiger partial charge on any atom is -0.468 e. The Morgan fingerprint density at radius 2 is 1.22 bits per heavy atom. The number of fused-ring (bicyclic) bond motifs is 2. The van der Waals surface area contributed by atoms with Crippen LogP contribution in [0.25, 0.3) is 10.8 Å². The number of carbonyl (C=O) groups is 2. The van der Waals surface area contributed by atoms with Crippen LogP contribution < -0.4 is 0 Å². The van der Waals surface area contributed by atoms with Crippen molar-refractivity contribution in [2.24, 2.45) is 5.41 Å². The molecule has 0 bridgehead atoms. The highest BCUT2D eigenvalue weighted by atomic mass is 16.5. The summed E-state index contributed by atoms with van der Waals surface area (Å²) < 4.78 is 10.6. The van der Waals surface area contributed by atoms with Crippen LogP contribution >= 0.6 is 0 Å². The molecule has 0 fully saturated rings. The molecule has 1 aliphatic rings. The summed E-state index contributed by atoms with van der Waals surface area (Å²) in [5.74, 6) is -1.16. The highest BCUT2D eigenvalue weighted by molar-refractivity contribution is 6.03. The van der Waals surface area contributed by atoms with Crippen LogP contribution in [0.4, 0.5) is 0 Å². The molecule has 5 rings (SSSR count). The van der Waals surface area contributed by atoms with E-state index in [1.165, 1.54) is 14.2 Å². The second-order valence-corrected chi connectivity index (χ2v) is 9.31. The first-order valence-corrected chi connectivity index (χ1v) is 12.1. The lowest BCUT2D eigenvalue weighted by Crippen LogP contribution is -2.50. The smallest absolute Gasteiger partial charge is 0.325 e. The van der Waals surface area contributed by atoms with E-state index in [4.69, 9.17) is 9.47 Å². The van der Waals surface area contributed by atoms with Crippen molar-refractivity contribution in [3.05, 3.63) is 119 Å². The number of carbonyl (C=O) groups excluding carboxylic acids is 2. The fourth-order valence-electron chi connectivity index (χ4n) is 5.57. The molecule has 182 valence electrons. The quantitative estimate of drug-likeness (QED) is 0.260. The van der Waals surface area contributed by atoms with Gasteiger partial charge in [-0.15, -0.1) is 0 Å².